The van der Waals surface area contributed by atoms with Gasteiger partial charge in [0.15, 0.2) is 10.4 Å². The number of amides is 1. The van der Waals surface area contributed by atoms with E-state index < -0.39 is 15.0 Å². The van der Waals surface area contributed by atoms with Crippen molar-refractivity contribution in [2.45, 2.75) is 30.2 Å². The molecule has 0 unspecified atom stereocenters. The molecule has 0 radical (unpaired) electrons. The first-order chi connectivity index (χ1) is 7.88. The largest absolute Gasteiger partial charge is 0.443 e. The first-order valence-corrected chi connectivity index (χ1v) is 8.03. The standard InChI is InChI=1S/C9H9BrClNO4S/c10-8-7(17(11,14)15)4-6(16-8)9(13)12-5-2-1-3-5/h4-5H,1-3H2,(H,12,13). The first-order valence-electron chi connectivity index (χ1n) is 4.93. The molecule has 1 N–H and O–H groups in total. The molecule has 1 aliphatic rings. The predicted octanol–water partition coefficient (Wildman–Crippen LogP) is 2.25. The molecule has 8 heteroatoms. The van der Waals surface area contributed by atoms with Crippen LogP contribution in [0.1, 0.15) is 29.8 Å². The van der Waals surface area contributed by atoms with Gasteiger partial charge in [0.05, 0.1) is 0 Å². The Morgan fingerprint density at radius 1 is 1.53 bits per heavy atom. The lowest BCUT2D eigenvalue weighted by molar-refractivity contribution is 0.0887. The van der Waals surface area contributed by atoms with Crippen molar-refractivity contribution in [1.82, 2.24) is 5.32 Å². The van der Waals surface area contributed by atoms with Crippen LogP contribution in [0.25, 0.3) is 0 Å². The molecule has 0 aromatic carbocycles. The van der Waals surface area contributed by atoms with Crippen molar-refractivity contribution in [2.75, 3.05) is 0 Å². The maximum Gasteiger partial charge on any atom is 0.287 e. The molecule has 0 atom stereocenters. The molecule has 1 fully saturated rings. The molecule has 0 saturated heterocycles. The van der Waals surface area contributed by atoms with Crippen molar-refractivity contribution in [3.63, 3.8) is 0 Å². The third-order valence-electron chi connectivity index (χ3n) is 2.58. The molecule has 1 saturated carbocycles. The normalized spacial score (nSPS) is 16.6. The van der Waals surface area contributed by atoms with Crippen molar-refractivity contribution >= 4 is 41.6 Å². The summed E-state index contributed by atoms with van der Waals surface area (Å²) in [5.41, 5.74) is 0. The Hall–Kier alpha value is -0.530. The van der Waals surface area contributed by atoms with Crippen LogP contribution >= 0.6 is 26.6 Å². The van der Waals surface area contributed by atoms with E-state index in [4.69, 9.17) is 15.1 Å². The van der Waals surface area contributed by atoms with Crippen molar-refractivity contribution in [1.29, 1.82) is 0 Å². The fourth-order valence-corrected chi connectivity index (χ4v) is 3.47. The Morgan fingerprint density at radius 3 is 2.59 bits per heavy atom. The van der Waals surface area contributed by atoms with Gasteiger partial charge in [-0.2, -0.15) is 0 Å². The topological polar surface area (TPSA) is 76.4 Å². The zero-order valence-electron chi connectivity index (χ0n) is 8.57. The van der Waals surface area contributed by atoms with Gasteiger partial charge in [-0.05, 0) is 35.2 Å². The second kappa shape index (κ2) is 4.62. The van der Waals surface area contributed by atoms with Crippen molar-refractivity contribution in [2.24, 2.45) is 0 Å². The first kappa shape index (κ1) is 12.9. The smallest absolute Gasteiger partial charge is 0.287 e. The molecule has 1 aromatic rings. The molecule has 1 aromatic heterocycles. The second-order valence-electron chi connectivity index (χ2n) is 3.79. The lowest BCUT2D eigenvalue weighted by Gasteiger charge is -2.25. The minimum atomic E-state index is -3.91. The third kappa shape index (κ3) is 2.83. The summed E-state index contributed by atoms with van der Waals surface area (Å²) in [6, 6.07) is 1.27. The number of halogens is 2. The minimum absolute atomic E-state index is 0.0636. The Balaban J connectivity index is 2.19. The number of nitrogens with one attached hydrogen (secondary N) is 1. The van der Waals surface area contributed by atoms with Gasteiger partial charge < -0.3 is 9.73 Å². The molecule has 1 heterocycles. The Morgan fingerprint density at radius 2 is 2.18 bits per heavy atom. The molecule has 5 nitrogen and oxygen atoms in total. The Labute approximate surface area is 111 Å². The summed E-state index contributed by atoms with van der Waals surface area (Å²) in [6.45, 7) is 0. The van der Waals surface area contributed by atoms with Gasteiger partial charge in [-0.1, -0.05) is 0 Å². The van der Waals surface area contributed by atoms with E-state index in [0.717, 1.165) is 25.3 Å². The van der Waals surface area contributed by atoms with E-state index in [2.05, 4.69) is 21.2 Å². The highest BCUT2D eigenvalue weighted by Gasteiger charge is 2.26. The van der Waals surface area contributed by atoms with Crippen LogP contribution in [-0.2, 0) is 9.05 Å². The lowest BCUT2D eigenvalue weighted by Crippen LogP contribution is -2.39. The summed E-state index contributed by atoms with van der Waals surface area (Å²) in [4.78, 5) is 11.4. The molecule has 94 valence electrons. The lowest BCUT2D eigenvalue weighted by atomic mass is 9.93. The van der Waals surface area contributed by atoms with E-state index in [1.54, 1.807) is 0 Å². The van der Waals surface area contributed by atoms with Gasteiger partial charge in [-0.15, -0.1) is 0 Å². The average molecular weight is 343 g/mol. The molecule has 2 rings (SSSR count). The molecule has 17 heavy (non-hydrogen) atoms. The highest BCUT2D eigenvalue weighted by atomic mass is 79.9. The van der Waals surface area contributed by atoms with Crippen LogP contribution in [0.5, 0.6) is 0 Å². The molecule has 1 aliphatic carbocycles. The number of rotatable bonds is 3. The summed E-state index contributed by atoms with van der Waals surface area (Å²) in [5.74, 6) is -0.495. The van der Waals surface area contributed by atoms with Crippen LogP contribution in [0.2, 0.25) is 0 Å². The SMILES string of the molecule is O=C(NC1CCC1)c1cc(S(=O)(=O)Cl)c(Br)o1. The average Bonchev–Trinajstić information content (AvgIpc) is 2.53. The zero-order chi connectivity index (χ0) is 12.6. The van der Waals surface area contributed by atoms with Crippen LogP contribution < -0.4 is 5.32 Å². The van der Waals surface area contributed by atoms with Crippen LogP contribution in [0.4, 0.5) is 0 Å². The van der Waals surface area contributed by atoms with Gasteiger partial charge in [0, 0.05) is 22.8 Å². The van der Waals surface area contributed by atoms with Crippen LogP contribution in [-0.4, -0.2) is 20.4 Å². The number of carbonyl (C=O) groups excluding carboxylic acids is 1. The predicted molar refractivity (Wildman–Crippen MR) is 64.6 cm³/mol. The van der Waals surface area contributed by atoms with Gasteiger partial charge in [-0.25, -0.2) is 8.42 Å². The number of furan rings is 1. The van der Waals surface area contributed by atoms with E-state index in [9.17, 15) is 13.2 Å². The van der Waals surface area contributed by atoms with Gasteiger partial charge in [-0.3, -0.25) is 4.79 Å². The third-order valence-corrected chi connectivity index (χ3v) is 4.76. The van der Waals surface area contributed by atoms with Gasteiger partial charge in [0.2, 0.25) is 0 Å². The molecule has 1 amide bonds. The Kier molecular flexibility index (Phi) is 3.51. The number of hydrogen-bond donors (Lipinski definition) is 1. The van der Waals surface area contributed by atoms with Crippen LogP contribution in [0, 0.1) is 0 Å². The van der Waals surface area contributed by atoms with Gasteiger partial charge >= 0.3 is 0 Å². The zero-order valence-corrected chi connectivity index (χ0v) is 11.7. The molecule has 0 bridgehead atoms. The maximum atomic E-state index is 11.7. The summed E-state index contributed by atoms with van der Waals surface area (Å²) < 4.78 is 27.2. The highest BCUT2D eigenvalue weighted by Crippen LogP contribution is 2.29. The molecule has 0 aliphatic heterocycles. The second-order valence-corrected chi connectivity index (χ2v) is 7.04. The van der Waals surface area contributed by atoms with Gasteiger partial charge in [0.1, 0.15) is 4.90 Å². The molecule has 0 spiro atoms. The minimum Gasteiger partial charge on any atom is -0.443 e. The Bertz CT molecular complexity index is 549. The fourth-order valence-electron chi connectivity index (χ4n) is 1.44. The van der Waals surface area contributed by atoms with E-state index >= 15 is 0 Å². The number of hydrogen-bond acceptors (Lipinski definition) is 4. The molecular weight excluding hydrogens is 334 g/mol. The summed E-state index contributed by atoms with van der Waals surface area (Å²) >= 11 is 2.91. The van der Waals surface area contributed by atoms with E-state index in [-0.39, 0.29) is 21.4 Å². The summed E-state index contributed by atoms with van der Waals surface area (Å²) in [5, 5.41) is 2.73. The van der Waals surface area contributed by atoms with E-state index in [1.165, 1.54) is 0 Å². The summed E-state index contributed by atoms with van der Waals surface area (Å²) in [6.07, 6.45) is 2.97. The highest BCUT2D eigenvalue weighted by molar-refractivity contribution is 9.10. The quantitative estimate of drug-likeness (QED) is 0.855. The molecular formula is C9H9BrClNO4S. The summed E-state index contributed by atoms with van der Waals surface area (Å²) in [7, 11) is 1.26. The van der Waals surface area contributed by atoms with Crippen molar-refractivity contribution < 1.29 is 17.6 Å². The van der Waals surface area contributed by atoms with Crippen molar-refractivity contribution in [3.8, 4) is 0 Å². The maximum absolute atomic E-state index is 11.7. The van der Waals surface area contributed by atoms with Crippen LogP contribution in [0.15, 0.2) is 20.0 Å². The fraction of sp³-hybridized carbons (Fsp3) is 0.444. The van der Waals surface area contributed by atoms with E-state index in [1.807, 2.05) is 0 Å². The van der Waals surface area contributed by atoms with Crippen LogP contribution in [0.3, 0.4) is 0 Å². The van der Waals surface area contributed by atoms with E-state index in [0.29, 0.717) is 0 Å². The number of carbonyl (C=O) groups is 1. The van der Waals surface area contributed by atoms with Crippen molar-refractivity contribution in [3.05, 3.63) is 16.5 Å². The monoisotopic (exact) mass is 341 g/mol. The van der Waals surface area contributed by atoms with Gasteiger partial charge in [0.25, 0.3) is 15.0 Å².